The number of hydrogen-bond acceptors (Lipinski definition) is 8. The fourth-order valence-corrected chi connectivity index (χ4v) is 2.98. The van der Waals surface area contributed by atoms with Gasteiger partial charge in [0.15, 0.2) is 11.5 Å². The van der Waals surface area contributed by atoms with E-state index in [0.717, 1.165) is 0 Å². The van der Waals surface area contributed by atoms with Crippen LogP contribution in [0.3, 0.4) is 0 Å². The van der Waals surface area contributed by atoms with Gasteiger partial charge < -0.3 is 38.6 Å². The first-order chi connectivity index (χ1) is 12.1. The maximum Gasteiger partial charge on any atom is 0.231 e. The molecule has 1 heterocycles. The smallest absolute Gasteiger partial charge is 0.231 e. The Balaban J connectivity index is 1.96. The van der Waals surface area contributed by atoms with E-state index in [2.05, 4.69) is 0 Å². The summed E-state index contributed by atoms with van der Waals surface area (Å²) >= 11 is 0. The van der Waals surface area contributed by atoms with Crippen LogP contribution in [-0.4, -0.2) is 63.1 Å². The Kier molecular flexibility index (Phi) is 5.57. The minimum atomic E-state index is -1.56. The number of aliphatic hydroxyl groups excluding tert-OH is 1. The van der Waals surface area contributed by atoms with Gasteiger partial charge in [0, 0.05) is 14.2 Å². The van der Waals surface area contributed by atoms with E-state index in [4.69, 9.17) is 28.4 Å². The molecule has 0 radical (unpaired) electrons. The molecule has 0 saturated heterocycles. The number of benzene rings is 1. The van der Waals surface area contributed by atoms with Crippen molar-refractivity contribution in [1.82, 2.24) is 0 Å². The largest absolute Gasteiger partial charge is 0.454 e. The molecule has 1 aromatic carbocycles. The van der Waals surface area contributed by atoms with Gasteiger partial charge in [0.05, 0.1) is 0 Å². The lowest BCUT2D eigenvalue weighted by atomic mass is 9.79. The lowest BCUT2D eigenvalue weighted by molar-refractivity contribution is -0.226. The van der Waals surface area contributed by atoms with E-state index < -0.39 is 23.9 Å². The minimum absolute atomic E-state index is 0.0559. The molecule has 0 unspecified atom stereocenters. The maximum absolute atomic E-state index is 11.4. The Hall–Kier alpha value is -1.68. The van der Waals surface area contributed by atoms with Crippen LogP contribution in [-0.2, 0) is 24.5 Å². The third-order valence-corrected chi connectivity index (χ3v) is 4.20. The van der Waals surface area contributed by atoms with Crippen LogP contribution in [0.4, 0.5) is 0 Å². The molecule has 0 bridgehead atoms. The molecule has 3 rings (SSSR count). The highest BCUT2D eigenvalue weighted by atomic mass is 16.7. The second-order valence-corrected chi connectivity index (χ2v) is 5.77. The number of fused-ring (bicyclic) bond motifs is 1. The van der Waals surface area contributed by atoms with Crippen molar-refractivity contribution in [3.63, 3.8) is 0 Å². The van der Waals surface area contributed by atoms with Crippen LogP contribution in [0, 0.1) is 0 Å². The van der Waals surface area contributed by atoms with Crippen LogP contribution in [0.25, 0.3) is 0 Å². The standard InChI is InChI=1S/C17H22O8/c1-20-8-24-15-12(18)5-6-17(19,16(15)25-9-21-2)11-3-4-13-14(7-11)23-10-22-13/h3-7,12,15-16,18-19H,8-10H2,1-2H3/t12-,15+,16-,17+/m0/s1. The van der Waals surface area contributed by atoms with Crippen LogP contribution in [0.2, 0.25) is 0 Å². The van der Waals surface area contributed by atoms with Gasteiger partial charge in [0.25, 0.3) is 0 Å². The number of rotatable bonds is 7. The summed E-state index contributed by atoms with van der Waals surface area (Å²) in [5.41, 5.74) is -1.04. The molecule has 0 spiro atoms. The molecule has 0 fully saturated rings. The molecule has 8 nitrogen and oxygen atoms in total. The quantitative estimate of drug-likeness (QED) is 0.540. The van der Waals surface area contributed by atoms with Crippen LogP contribution < -0.4 is 9.47 Å². The molecule has 138 valence electrons. The first kappa shape index (κ1) is 18.1. The normalized spacial score (nSPS) is 30.6. The predicted octanol–water partition coefficient (Wildman–Crippen LogP) is 0.512. The van der Waals surface area contributed by atoms with Crippen molar-refractivity contribution >= 4 is 0 Å². The van der Waals surface area contributed by atoms with Gasteiger partial charge in [0.1, 0.15) is 37.5 Å². The molecular weight excluding hydrogens is 332 g/mol. The molecule has 0 aromatic heterocycles. The highest BCUT2D eigenvalue weighted by Crippen LogP contribution is 2.41. The summed E-state index contributed by atoms with van der Waals surface area (Å²) in [6.45, 7) is -0.000491. The van der Waals surface area contributed by atoms with E-state index in [1.807, 2.05) is 0 Å². The van der Waals surface area contributed by atoms with Crippen molar-refractivity contribution in [2.24, 2.45) is 0 Å². The number of ether oxygens (including phenoxy) is 6. The van der Waals surface area contributed by atoms with E-state index in [1.54, 1.807) is 18.2 Å². The minimum Gasteiger partial charge on any atom is -0.454 e. The van der Waals surface area contributed by atoms with E-state index in [9.17, 15) is 10.2 Å². The van der Waals surface area contributed by atoms with Gasteiger partial charge in [0.2, 0.25) is 6.79 Å². The molecule has 25 heavy (non-hydrogen) atoms. The van der Waals surface area contributed by atoms with Crippen molar-refractivity contribution in [2.75, 3.05) is 34.6 Å². The van der Waals surface area contributed by atoms with Crippen molar-refractivity contribution in [1.29, 1.82) is 0 Å². The molecule has 8 heteroatoms. The monoisotopic (exact) mass is 354 g/mol. The van der Waals surface area contributed by atoms with Crippen molar-refractivity contribution in [3.05, 3.63) is 35.9 Å². The number of aliphatic hydroxyl groups is 2. The Morgan fingerprint density at radius 2 is 1.84 bits per heavy atom. The van der Waals surface area contributed by atoms with Gasteiger partial charge in [-0.1, -0.05) is 12.1 Å². The van der Waals surface area contributed by atoms with Crippen LogP contribution in [0.5, 0.6) is 11.5 Å². The van der Waals surface area contributed by atoms with Crippen molar-refractivity contribution < 1.29 is 38.6 Å². The van der Waals surface area contributed by atoms with Gasteiger partial charge in [-0.3, -0.25) is 0 Å². The third kappa shape index (κ3) is 3.50. The summed E-state index contributed by atoms with van der Waals surface area (Å²) in [5, 5.41) is 21.6. The molecule has 4 atom stereocenters. The van der Waals surface area contributed by atoms with Gasteiger partial charge in [-0.2, -0.15) is 0 Å². The molecular formula is C17H22O8. The van der Waals surface area contributed by atoms with Gasteiger partial charge in [-0.05, 0) is 23.8 Å². The summed E-state index contributed by atoms with van der Waals surface area (Å²) in [5.74, 6) is 1.14. The third-order valence-electron chi connectivity index (χ3n) is 4.20. The first-order valence-electron chi connectivity index (χ1n) is 7.81. The van der Waals surface area contributed by atoms with Gasteiger partial charge in [-0.15, -0.1) is 0 Å². The Morgan fingerprint density at radius 1 is 1.12 bits per heavy atom. The average Bonchev–Trinajstić information content (AvgIpc) is 3.09. The second-order valence-electron chi connectivity index (χ2n) is 5.77. The summed E-state index contributed by atoms with van der Waals surface area (Å²) < 4.78 is 31.8. The summed E-state index contributed by atoms with van der Waals surface area (Å²) in [7, 11) is 2.94. The van der Waals surface area contributed by atoms with Crippen molar-refractivity contribution in [3.8, 4) is 11.5 Å². The zero-order valence-corrected chi connectivity index (χ0v) is 14.1. The van der Waals surface area contributed by atoms with E-state index in [1.165, 1.54) is 26.4 Å². The first-order valence-corrected chi connectivity index (χ1v) is 7.81. The Labute approximate surface area is 145 Å². The molecule has 0 saturated carbocycles. The predicted molar refractivity (Wildman–Crippen MR) is 85.1 cm³/mol. The summed E-state index contributed by atoms with van der Waals surface area (Å²) in [6.07, 6.45) is 0.213. The highest BCUT2D eigenvalue weighted by molar-refractivity contribution is 5.48. The number of methoxy groups -OCH3 is 2. The Bertz CT molecular complexity index is 619. The van der Waals surface area contributed by atoms with E-state index in [-0.39, 0.29) is 20.4 Å². The molecule has 0 amide bonds. The summed E-state index contributed by atoms with van der Waals surface area (Å²) in [4.78, 5) is 0. The fourth-order valence-electron chi connectivity index (χ4n) is 2.98. The van der Waals surface area contributed by atoms with Crippen LogP contribution >= 0.6 is 0 Å². The lowest BCUT2D eigenvalue weighted by Crippen LogP contribution is -2.55. The molecule has 1 aliphatic carbocycles. The average molecular weight is 354 g/mol. The number of hydrogen-bond donors (Lipinski definition) is 2. The zero-order valence-electron chi connectivity index (χ0n) is 14.1. The van der Waals surface area contributed by atoms with E-state index >= 15 is 0 Å². The SMILES string of the molecule is COCO[C@@H]1[C@@H](O)C=C[C@@](O)(c2ccc3c(c2)OCO3)[C@H]1OCOC. The van der Waals surface area contributed by atoms with Crippen molar-refractivity contribution in [2.45, 2.75) is 23.9 Å². The maximum atomic E-state index is 11.4. The summed E-state index contributed by atoms with van der Waals surface area (Å²) in [6, 6.07) is 5.11. The Morgan fingerprint density at radius 3 is 2.60 bits per heavy atom. The van der Waals surface area contributed by atoms with Gasteiger partial charge >= 0.3 is 0 Å². The molecule has 1 aromatic rings. The molecule has 1 aliphatic heterocycles. The lowest BCUT2D eigenvalue weighted by Gasteiger charge is -2.42. The zero-order chi connectivity index (χ0) is 17.9. The fraction of sp³-hybridized carbons (Fsp3) is 0.529. The topological polar surface area (TPSA) is 95.8 Å². The second kappa shape index (κ2) is 7.69. The molecule has 2 N–H and O–H groups in total. The van der Waals surface area contributed by atoms with Crippen LogP contribution in [0.1, 0.15) is 5.56 Å². The van der Waals surface area contributed by atoms with E-state index in [0.29, 0.717) is 17.1 Å². The van der Waals surface area contributed by atoms with Gasteiger partial charge in [-0.25, -0.2) is 0 Å². The van der Waals surface area contributed by atoms with Crippen LogP contribution in [0.15, 0.2) is 30.4 Å². The molecule has 2 aliphatic rings. The highest BCUT2D eigenvalue weighted by Gasteiger charge is 2.48.